The first-order valence-corrected chi connectivity index (χ1v) is 6.55. The molecule has 1 aromatic carbocycles. The molecule has 7 nitrogen and oxygen atoms in total. The molecule has 0 spiro atoms. The highest BCUT2D eigenvalue weighted by Gasteiger charge is 2.48. The van der Waals surface area contributed by atoms with Crippen molar-refractivity contribution in [1.29, 1.82) is 0 Å². The van der Waals surface area contributed by atoms with Gasteiger partial charge < -0.3 is 15.0 Å². The molecule has 0 saturated heterocycles. The zero-order valence-corrected chi connectivity index (χ0v) is 11.4. The lowest BCUT2D eigenvalue weighted by Gasteiger charge is -2.10. The Kier molecular flexibility index (Phi) is 3.17. The van der Waals surface area contributed by atoms with Crippen LogP contribution in [0.5, 0.6) is 0 Å². The molecule has 0 radical (unpaired) electrons. The van der Waals surface area contributed by atoms with Gasteiger partial charge in [-0.3, -0.25) is 9.59 Å². The second-order valence-electron chi connectivity index (χ2n) is 5.09. The third-order valence-corrected chi connectivity index (χ3v) is 3.58. The van der Waals surface area contributed by atoms with Gasteiger partial charge in [-0.25, -0.2) is 0 Å². The molecule has 2 N–H and O–H groups in total. The Morgan fingerprint density at radius 1 is 1.33 bits per heavy atom. The summed E-state index contributed by atoms with van der Waals surface area (Å²) in [5.41, 5.74) is 1.35. The Bertz CT molecular complexity index is 710. The molecule has 2 aromatic rings. The van der Waals surface area contributed by atoms with E-state index in [0.29, 0.717) is 17.9 Å². The molecular formula is C14H14N4O3. The van der Waals surface area contributed by atoms with Gasteiger partial charge in [0.05, 0.1) is 17.5 Å². The fraction of sp³-hybridized carbons (Fsp3) is 0.286. The van der Waals surface area contributed by atoms with Gasteiger partial charge in [-0.1, -0.05) is 12.1 Å². The van der Waals surface area contributed by atoms with Crippen LogP contribution in [0, 0.1) is 11.8 Å². The summed E-state index contributed by atoms with van der Waals surface area (Å²) in [6, 6.07) is 7.25. The summed E-state index contributed by atoms with van der Waals surface area (Å²) in [5.74, 6) is -1.56. The number of nitrogens with one attached hydrogen (secondary N) is 1. The van der Waals surface area contributed by atoms with E-state index in [1.807, 2.05) is 19.2 Å². The summed E-state index contributed by atoms with van der Waals surface area (Å²) in [6.07, 6.45) is 1.97. The zero-order chi connectivity index (χ0) is 15.0. The van der Waals surface area contributed by atoms with E-state index in [4.69, 9.17) is 5.11 Å². The molecule has 1 aliphatic rings. The number of amides is 1. The van der Waals surface area contributed by atoms with Crippen LogP contribution >= 0.6 is 0 Å². The van der Waals surface area contributed by atoms with Crippen LogP contribution < -0.4 is 5.32 Å². The molecular weight excluding hydrogens is 272 g/mol. The standard InChI is InChI=1S/C14H14N4O3/c1-18-7-15-17-12(18)8-4-2-3-5-11(8)16-13(19)9-6-10(9)14(20)21/h2-5,7,9-10H,6H2,1H3,(H,16,19)(H,20,21). The average Bonchev–Trinajstić information content (AvgIpc) is 3.16. The van der Waals surface area contributed by atoms with Gasteiger partial charge in [0.15, 0.2) is 5.82 Å². The lowest BCUT2D eigenvalue weighted by molar-refractivity contribution is -0.139. The molecule has 0 bridgehead atoms. The summed E-state index contributed by atoms with van der Waals surface area (Å²) < 4.78 is 1.75. The van der Waals surface area contributed by atoms with E-state index in [-0.39, 0.29) is 5.91 Å². The summed E-state index contributed by atoms with van der Waals surface area (Å²) in [7, 11) is 1.81. The molecule has 2 unspecified atom stereocenters. The van der Waals surface area contributed by atoms with Crippen molar-refractivity contribution >= 4 is 17.6 Å². The Hall–Kier alpha value is -2.70. The number of rotatable bonds is 4. The predicted molar refractivity (Wildman–Crippen MR) is 74.3 cm³/mol. The number of hydrogen-bond acceptors (Lipinski definition) is 4. The summed E-state index contributed by atoms with van der Waals surface area (Å²) >= 11 is 0. The average molecular weight is 286 g/mol. The fourth-order valence-electron chi connectivity index (χ4n) is 2.30. The fourth-order valence-corrected chi connectivity index (χ4v) is 2.30. The monoisotopic (exact) mass is 286 g/mol. The topological polar surface area (TPSA) is 97.1 Å². The molecule has 7 heteroatoms. The third kappa shape index (κ3) is 2.49. The number of anilines is 1. The number of aromatic nitrogens is 3. The number of para-hydroxylation sites is 1. The first-order chi connectivity index (χ1) is 10.1. The lowest BCUT2D eigenvalue weighted by Crippen LogP contribution is -2.17. The van der Waals surface area contributed by atoms with Crippen molar-refractivity contribution in [2.45, 2.75) is 6.42 Å². The Morgan fingerprint density at radius 3 is 2.71 bits per heavy atom. The first-order valence-electron chi connectivity index (χ1n) is 6.55. The maximum atomic E-state index is 12.1. The SMILES string of the molecule is Cn1cnnc1-c1ccccc1NC(=O)C1CC1C(=O)O. The number of aryl methyl sites for hydroxylation is 1. The Balaban J connectivity index is 1.82. The van der Waals surface area contributed by atoms with Crippen LogP contribution in [0.15, 0.2) is 30.6 Å². The second-order valence-corrected chi connectivity index (χ2v) is 5.09. The van der Waals surface area contributed by atoms with Gasteiger partial charge in [0.1, 0.15) is 6.33 Å². The number of benzene rings is 1. The minimum atomic E-state index is -0.920. The van der Waals surface area contributed by atoms with E-state index in [1.54, 1.807) is 23.0 Å². The first kappa shape index (κ1) is 13.3. The van der Waals surface area contributed by atoms with Crippen LogP contribution in [0.1, 0.15) is 6.42 Å². The maximum absolute atomic E-state index is 12.1. The minimum absolute atomic E-state index is 0.267. The largest absolute Gasteiger partial charge is 0.481 e. The Morgan fingerprint density at radius 2 is 2.10 bits per heavy atom. The molecule has 2 atom stereocenters. The van der Waals surface area contributed by atoms with Gasteiger partial charge in [0.2, 0.25) is 5.91 Å². The zero-order valence-electron chi connectivity index (χ0n) is 11.4. The number of hydrogen-bond donors (Lipinski definition) is 2. The van der Waals surface area contributed by atoms with E-state index in [0.717, 1.165) is 5.56 Å². The van der Waals surface area contributed by atoms with Crippen molar-refractivity contribution in [1.82, 2.24) is 14.8 Å². The molecule has 1 amide bonds. The van der Waals surface area contributed by atoms with Crippen molar-refractivity contribution in [2.75, 3.05) is 5.32 Å². The number of carboxylic acids is 1. The van der Waals surface area contributed by atoms with E-state index in [1.165, 1.54) is 0 Å². The highest BCUT2D eigenvalue weighted by Crippen LogP contribution is 2.40. The summed E-state index contributed by atoms with van der Waals surface area (Å²) in [4.78, 5) is 22.9. The third-order valence-electron chi connectivity index (χ3n) is 3.58. The van der Waals surface area contributed by atoms with Gasteiger partial charge in [-0.05, 0) is 18.6 Å². The molecule has 0 aliphatic heterocycles. The maximum Gasteiger partial charge on any atom is 0.307 e. The van der Waals surface area contributed by atoms with Crippen LogP contribution in [-0.4, -0.2) is 31.7 Å². The number of nitrogens with zero attached hydrogens (tertiary/aromatic N) is 3. The minimum Gasteiger partial charge on any atom is -0.481 e. The van der Waals surface area contributed by atoms with Crippen LogP contribution in [0.4, 0.5) is 5.69 Å². The van der Waals surface area contributed by atoms with Crippen LogP contribution in [-0.2, 0) is 16.6 Å². The van der Waals surface area contributed by atoms with E-state index >= 15 is 0 Å². The normalized spacial score (nSPS) is 20.0. The second kappa shape index (κ2) is 5.01. The summed E-state index contributed by atoms with van der Waals surface area (Å²) in [5, 5.41) is 19.5. The van der Waals surface area contributed by atoms with Crippen LogP contribution in [0.3, 0.4) is 0 Å². The lowest BCUT2D eigenvalue weighted by atomic mass is 10.1. The predicted octanol–water partition coefficient (Wildman–Crippen LogP) is 1.14. The molecule has 1 heterocycles. The smallest absolute Gasteiger partial charge is 0.307 e. The van der Waals surface area contributed by atoms with E-state index in [2.05, 4.69) is 15.5 Å². The number of carbonyl (C=O) groups excluding carboxylic acids is 1. The quantitative estimate of drug-likeness (QED) is 0.878. The van der Waals surface area contributed by atoms with Crippen molar-refractivity contribution in [3.63, 3.8) is 0 Å². The Labute approximate surface area is 120 Å². The molecule has 3 rings (SSSR count). The van der Waals surface area contributed by atoms with Crippen molar-refractivity contribution in [3.05, 3.63) is 30.6 Å². The van der Waals surface area contributed by atoms with E-state index < -0.39 is 17.8 Å². The molecule has 21 heavy (non-hydrogen) atoms. The molecule has 108 valence electrons. The van der Waals surface area contributed by atoms with Gasteiger partial charge in [0.25, 0.3) is 0 Å². The van der Waals surface area contributed by atoms with Crippen LogP contribution in [0.2, 0.25) is 0 Å². The number of carboxylic acid groups (broad SMARTS) is 1. The molecule has 1 fully saturated rings. The number of aliphatic carboxylic acids is 1. The van der Waals surface area contributed by atoms with Crippen molar-refractivity contribution < 1.29 is 14.7 Å². The molecule has 1 saturated carbocycles. The van der Waals surface area contributed by atoms with Crippen LogP contribution in [0.25, 0.3) is 11.4 Å². The van der Waals surface area contributed by atoms with E-state index in [9.17, 15) is 9.59 Å². The summed E-state index contributed by atoms with van der Waals surface area (Å²) in [6.45, 7) is 0. The molecule has 1 aromatic heterocycles. The van der Waals surface area contributed by atoms with Gasteiger partial charge in [0, 0.05) is 12.6 Å². The van der Waals surface area contributed by atoms with Crippen molar-refractivity contribution in [2.24, 2.45) is 18.9 Å². The highest BCUT2D eigenvalue weighted by atomic mass is 16.4. The highest BCUT2D eigenvalue weighted by molar-refractivity contribution is 6.00. The number of carbonyl (C=O) groups is 2. The van der Waals surface area contributed by atoms with Crippen molar-refractivity contribution in [3.8, 4) is 11.4 Å². The van der Waals surface area contributed by atoms with Gasteiger partial charge >= 0.3 is 5.97 Å². The molecule has 1 aliphatic carbocycles. The van der Waals surface area contributed by atoms with Gasteiger partial charge in [-0.2, -0.15) is 0 Å². The van der Waals surface area contributed by atoms with Gasteiger partial charge in [-0.15, -0.1) is 10.2 Å².